The predicted molar refractivity (Wildman–Crippen MR) is 107 cm³/mol. The molecule has 0 saturated carbocycles. The second kappa shape index (κ2) is 9.94. The Morgan fingerprint density at radius 3 is 2.62 bits per heavy atom. The van der Waals surface area contributed by atoms with E-state index in [0.29, 0.717) is 6.54 Å². The van der Waals surface area contributed by atoms with Gasteiger partial charge in [-0.25, -0.2) is 9.98 Å². The summed E-state index contributed by atoms with van der Waals surface area (Å²) in [7, 11) is 1.88. The molecule has 0 fully saturated rings. The number of aryl methyl sites for hydroxylation is 2. The van der Waals surface area contributed by atoms with Crippen LogP contribution in [-0.2, 0) is 20.0 Å². The average molecular weight is 357 g/mol. The number of nitrogens with one attached hydrogen (secondary N) is 2. The van der Waals surface area contributed by atoms with E-state index in [1.165, 1.54) is 12.0 Å². The Morgan fingerprint density at radius 1 is 1.19 bits per heavy atom. The lowest BCUT2D eigenvalue weighted by Crippen LogP contribution is -2.42. The first-order valence-corrected chi connectivity index (χ1v) is 9.39. The Labute approximate surface area is 157 Å². The molecule has 2 aromatic rings. The normalized spacial score (nSPS) is 12.2. The summed E-state index contributed by atoms with van der Waals surface area (Å²) in [5, 5.41) is 10.9. The summed E-state index contributed by atoms with van der Waals surface area (Å²) in [5.74, 6) is 1.68. The van der Waals surface area contributed by atoms with Gasteiger partial charge in [-0.15, -0.1) is 0 Å². The summed E-state index contributed by atoms with van der Waals surface area (Å²) in [6.45, 7) is 8.91. The average Bonchev–Trinajstić information content (AvgIpc) is 3.03. The van der Waals surface area contributed by atoms with Crippen LogP contribution in [0.25, 0.3) is 0 Å². The van der Waals surface area contributed by atoms with Crippen LogP contribution in [0.2, 0.25) is 0 Å². The minimum atomic E-state index is 0.204. The van der Waals surface area contributed by atoms with Crippen LogP contribution >= 0.6 is 0 Å². The van der Waals surface area contributed by atoms with Gasteiger partial charge in [0, 0.05) is 20.1 Å². The molecule has 0 aliphatic rings. The van der Waals surface area contributed by atoms with E-state index in [-0.39, 0.29) is 5.41 Å². The first kappa shape index (κ1) is 19.9. The summed E-state index contributed by atoms with van der Waals surface area (Å²) in [6.07, 6.45) is 5.04. The maximum Gasteiger partial charge on any atom is 0.191 e. The van der Waals surface area contributed by atoms with Crippen molar-refractivity contribution in [1.82, 2.24) is 25.4 Å². The minimum absolute atomic E-state index is 0.204. The predicted octanol–water partition coefficient (Wildman–Crippen LogP) is 2.92. The SMILES string of the molecule is CCNC(=NCc1ncnn1C)NCC(C)(C)CCCc1ccccc1. The molecule has 2 rings (SSSR count). The lowest BCUT2D eigenvalue weighted by atomic mass is 9.86. The number of hydrogen-bond donors (Lipinski definition) is 2. The van der Waals surface area contributed by atoms with Crippen molar-refractivity contribution in [2.45, 2.75) is 46.6 Å². The lowest BCUT2D eigenvalue weighted by Gasteiger charge is -2.26. The van der Waals surface area contributed by atoms with Gasteiger partial charge in [-0.3, -0.25) is 4.68 Å². The molecule has 26 heavy (non-hydrogen) atoms. The molecule has 142 valence electrons. The van der Waals surface area contributed by atoms with Crippen LogP contribution in [0.1, 0.15) is 45.0 Å². The molecule has 0 atom stereocenters. The van der Waals surface area contributed by atoms with E-state index in [4.69, 9.17) is 0 Å². The zero-order chi connectivity index (χ0) is 18.8. The molecule has 1 heterocycles. The van der Waals surface area contributed by atoms with Crippen molar-refractivity contribution in [3.05, 3.63) is 48.0 Å². The number of aromatic nitrogens is 3. The van der Waals surface area contributed by atoms with Gasteiger partial charge < -0.3 is 10.6 Å². The van der Waals surface area contributed by atoms with Gasteiger partial charge in [0.05, 0.1) is 0 Å². The van der Waals surface area contributed by atoms with Crippen molar-refractivity contribution in [3.8, 4) is 0 Å². The third-order valence-electron chi connectivity index (χ3n) is 4.42. The van der Waals surface area contributed by atoms with E-state index in [1.54, 1.807) is 11.0 Å². The van der Waals surface area contributed by atoms with Crippen molar-refractivity contribution in [2.24, 2.45) is 17.5 Å². The molecule has 0 saturated heterocycles. The maximum atomic E-state index is 4.62. The molecular weight excluding hydrogens is 324 g/mol. The molecule has 1 aromatic heterocycles. The highest BCUT2D eigenvalue weighted by molar-refractivity contribution is 5.79. The van der Waals surface area contributed by atoms with E-state index in [0.717, 1.165) is 37.7 Å². The molecular formula is C20H32N6. The quantitative estimate of drug-likeness (QED) is 0.535. The van der Waals surface area contributed by atoms with Gasteiger partial charge in [-0.1, -0.05) is 44.2 Å². The molecule has 0 aliphatic heterocycles. The zero-order valence-corrected chi connectivity index (χ0v) is 16.5. The Bertz CT molecular complexity index is 675. The van der Waals surface area contributed by atoms with E-state index >= 15 is 0 Å². The second-order valence-electron chi connectivity index (χ2n) is 7.35. The van der Waals surface area contributed by atoms with Gasteiger partial charge in [0.1, 0.15) is 18.7 Å². The number of rotatable bonds is 9. The van der Waals surface area contributed by atoms with Crippen LogP contribution in [0.4, 0.5) is 0 Å². The maximum absolute atomic E-state index is 4.62. The fourth-order valence-corrected chi connectivity index (χ4v) is 2.78. The van der Waals surface area contributed by atoms with Gasteiger partial charge >= 0.3 is 0 Å². The van der Waals surface area contributed by atoms with Crippen molar-refractivity contribution < 1.29 is 0 Å². The molecule has 1 aromatic carbocycles. The van der Waals surface area contributed by atoms with Crippen molar-refractivity contribution in [3.63, 3.8) is 0 Å². The number of nitrogens with zero attached hydrogens (tertiary/aromatic N) is 4. The van der Waals surface area contributed by atoms with E-state index in [1.807, 2.05) is 7.05 Å². The summed E-state index contributed by atoms with van der Waals surface area (Å²) in [4.78, 5) is 8.83. The smallest absolute Gasteiger partial charge is 0.191 e. The van der Waals surface area contributed by atoms with E-state index in [9.17, 15) is 0 Å². The van der Waals surface area contributed by atoms with E-state index < -0.39 is 0 Å². The van der Waals surface area contributed by atoms with Gasteiger partial charge in [0.15, 0.2) is 5.96 Å². The topological polar surface area (TPSA) is 67.1 Å². The summed E-state index contributed by atoms with van der Waals surface area (Å²) in [5.41, 5.74) is 1.62. The molecule has 0 unspecified atom stereocenters. The van der Waals surface area contributed by atoms with Gasteiger partial charge in [-0.05, 0) is 37.2 Å². The Hall–Kier alpha value is -2.37. The molecule has 0 amide bonds. The van der Waals surface area contributed by atoms with Crippen molar-refractivity contribution in [2.75, 3.05) is 13.1 Å². The Morgan fingerprint density at radius 2 is 1.96 bits per heavy atom. The summed E-state index contributed by atoms with van der Waals surface area (Å²) < 4.78 is 1.75. The number of aliphatic imine (C=N–C) groups is 1. The summed E-state index contributed by atoms with van der Waals surface area (Å²) >= 11 is 0. The highest BCUT2D eigenvalue weighted by Gasteiger charge is 2.18. The molecule has 0 spiro atoms. The fourth-order valence-electron chi connectivity index (χ4n) is 2.78. The third kappa shape index (κ3) is 6.86. The molecule has 2 N–H and O–H groups in total. The fraction of sp³-hybridized carbons (Fsp3) is 0.550. The molecule has 0 bridgehead atoms. The van der Waals surface area contributed by atoms with Crippen molar-refractivity contribution in [1.29, 1.82) is 0 Å². The van der Waals surface area contributed by atoms with Gasteiger partial charge in [0.25, 0.3) is 0 Å². The number of benzene rings is 1. The van der Waals surface area contributed by atoms with Crippen LogP contribution in [0, 0.1) is 5.41 Å². The van der Waals surface area contributed by atoms with Crippen molar-refractivity contribution >= 4 is 5.96 Å². The summed E-state index contributed by atoms with van der Waals surface area (Å²) in [6, 6.07) is 10.7. The largest absolute Gasteiger partial charge is 0.357 e. The zero-order valence-electron chi connectivity index (χ0n) is 16.5. The number of guanidine groups is 1. The lowest BCUT2D eigenvalue weighted by molar-refractivity contribution is 0.323. The molecule has 0 aliphatic carbocycles. The van der Waals surface area contributed by atoms with Crippen LogP contribution in [0.15, 0.2) is 41.7 Å². The van der Waals surface area contributed by atoms with Crippen LogP contribution in [0.3, 0.4) is 0 Å². The van der Waals surface area contributed by atoms with Gasteiger partial charge in [0.2, 0.25) is 0 Å². The second-order valence-corrected chi connectivity index (χ2v) is 7.35. The Balaban J connectivity index is 1.81. The monoisotopic (exact) mass is 356 g/mol. The van der Waals surface area contributed by atoms with Gasteiger partial charge in [-0.2, -0.15) is 5.10 Å². The molecule has 6 heteroatoms. The van der Waals surface area contributed by atoms with Crippen LogP contribution < -0.4 is 10.6 Å². The van der Waals surface area contributed by atoms with Crippen LogP contribution in [0.5, 0.6) is 0 Å². The van der Waals surface area contributed by atoms with Crippen LogP contribution in [-0.4, -0.2) is 33.8 Å². The Kier molecular flexibility index (Phi) is 7.63. The third-order valence-corrected chi connectivity index (χ3v) is 4.42. The standard InChI is InChI=1S/C20H32N6/c1-5-21-19(22-14-18-24-16-25-26(18)4)23-15-20(2,3)13-9-12-17-10-7-6-8-11-17/h6-8,10-11,16H,5,9,12-15H2,1-4H3,(H2,21,22,23). The molecule has 0 radical (unpaired) electrons. The number of hydrogen-bond acceptors (Lipinski definition) is 3. The highest BCUT2D eigenvalue weighted by Crippen LogP contribution is 2.22. The first-order valence-electron chi connectivity index (χ1n) is 9.39. The highest BCUT2D eigenvalue weighted by atomic mass is 15.3. The first-order chi connectivity index (χ1) is 12.5. The van der Waals surface area contributed by atoms with E-state index in [2.05, 4.69) is 76.8 Å². The minimum Gasteiger partial charge on any atom is -0.357 e. The molecule has 6 nitrogen and oxygen atoms in total.